The number of hydrogen-bond donors (Lipinski definition) is 0. The van der Waals surface area contributed by atoms with Crippen LogP contribution in [0.3, 0.4) is 0 Å². The maximum atomic E-state index is 8.74. The maximum absolute atomic E-state index is 8.74. The van der Waals surface area contributed by atoms with E-state index in [0.29, 0.717) is 5.92 Å². The predicted molar refractivity (Wildman–Crippen MR) is 45.9 cm³/mol. The molecule has 1 heteroatoms. The van der Waals surface area contributed by atoms with Crippen molar-refractivity contribution in [1.82, 2.24) is 0 Å². The molecule has 0 spiro atoms. The van der Waals surface area contributed by atoms with E-state index in [0.717, 1.165) is 24.7 Å². The van der Waals surface area contributed by atoms with Crippen LogP contribution in [-0.2, 0) is 0 Å². The molecule has 0 saturated heterocycles. The Bertz CT molecular complexity index is 155. The fourth-order valence-corrected chi connectivity index (χ4v) is 1.95. The zero-order valence-corrected chi connectivity index (χ0v) is 7.51. The SMILES string of the molecule is CC(C)[C@@H]1CCC[C@@H](C#N)C1. The van der Waals surface area contributed by atoms with Gasteiger partial charge in [-0.15, -0.1) is 0 Å². The van der Waals surface area contributed by atoms with E-state index in [2.05, 4.69) is 19.9 Å². The smallest absolute Gasteiger partial charge is 0.0655 e. The van der Waals surface area contributed by atoms with E-state index in [-0.39, 0.29) is 0 Å². The van der Waals surface area contributed by atoms with Crippen LogP contribution in [0.2, 0.25) is 0 Å². The van der Waals surface area contributed by atoms with Crippen LogP contribution in [0.5, 0.6) is 0 Å². The first-order chi connectivity index (χ1) is 5.24. The van der Waals surface area contributed by atoms with Crippen molar-refractivity contribution in [3.8, 4) is 6.07 Å². The summed E-state index contributed by atoms with van der Waals surface area (Å²) < 4.78 is 0. The van der Waals surface area contributed by atoms with Gasteiger partial charge >= 0.3 is 0 Å². The molecule has 0 aliphatic heterocycles. The number of rotatable bonds is 1. The molecule has 0 bridgehead atoms. The van der Waals surface area contributed by atoms with Crippen LogP contribution in [0.15, 0.2) is 0 Å². The molecule has 1 saturated carbocycles. The van der Waals surface area contributed by atoms with Crippen LogP contribution in [0.1, 0.15) is 39.5 Å². The van der Waals surface area contributed by atoms with Crippen LogP contribution in [0.25, 0.3) is 0 Å². The topological polar surface area (TPSA) is 23.8 Å². The minimum absolute atomic E-state index is 0.358. The highest BCUT2D eigenvalue weighted by Crippen LogP contribution is 2.32. The fourth-order valence-electron chi connectivity index (χ4n) is 1.95. The number of nitrogens with zero attached hydrogens (tertiary/aromatic N) is 1. The summed E-state index contributed by atoms with van der Waals surface area (Å²) in [7, 11) is 0. The highest BCUT2D eigenvalue weighted by atomic mass is 14.3. The summed E-state index contributed by atoms with van der Waals surface area (Å²) in [6.07, 6.45) is 4.89. The average Bonchev–Trinajstić information content (AvgIpc) is 2.05. The zero-order chi connectivity index (χ0) is 8.27. The van der Waals surface area contributed by atoms with Crippen LogP contribution in [0.4, 0.5) is 0 Å². The Morgan fingerprint density at radius 3 is 2.64 bits per heavy atom. The van der Waals surface area contributed by atoms with Gasteiger partial charge in [-0.3, -0.25) is 0 Å². The highest BCUT2D eigenvalue weighted by Gasteiger charge is 2.23. The molecule has 62 valence electrons. The van der Waals surface area contributed by atoms with Crippen molar-refractivity contribution in [3.63, 3.8) is 0 Å². The van der Waals surface area contributed by atoms with E-state index in [4.69, 9.17) is 5.26 Å². The molecular weight excluding hydrogens is 134 g/mol. The zero-order valence-electron chi connectivity index (χ0n) is 7.51. The Kier molecular flexibility index (Phi) is 2.93. The van der Waals surface area contributed by atoms with E-state index in [9.17, 15) is 0 Å². The molecular formula is C10H17N. The lowest BCUT2D eigenvalue weighted by atomic mass is 9.77. The minimum Gasteiger partial charge on any atom is -0.198 e. The van der Waals surface area contributed by atoms with E-state index in [1.807, 2.05) is 0 Å². The molecule has 11 heavy (non-hydrogen) atoms. The van der Waals surface area contributed by atoms with Crippen molar-refractivity contribution in [3.05, 3.63) is 0 Å². The number of hydrogen-bond acceptors (Lipinski definition) is 1. The average molecular weight is 151 g/mol. The largest absolute Gasteiger partial charge is 0.198 e. The second-order valence-corrected chi connectivity index (χ2v) is 4.00. The Morgan fingerprint density at radius 2 is 2.09 bits per heavy atom. The second kappa shape index (κ2) is 3.76. The normalized spacial score (nSPS) is 31.8. The Labute approximate surface area is 69.4 Å². The third kappa shape index (κ3) is 2.22. The summed E-state index contributed by atoms with van der Waals surface area (Å²) in [5.74, 6) is 1.94. The molecule has 0 N–H and O–H groups in total. The molecule has 1 fully saturated rings. The summed E-state index contributed by atoms with van der Waals surface area (Å²) in [6.45, 7) is 4.54. The molecule has 1 aliphatic carbocycles. The van der Waals surface area contributed by atoms with Gasteiger partial charge in [0.1, 0.15) is 0 Å². The van der Waals surface area contributed by atoms with Gasteiger partial charge in [0.25, 0.3) is 0 Å². The first-order valence-electron chi connectivity index (χ1n) is 4.63. The van der Waals surface area contributed by atoms with Crippen molar-refractivity contribution in [2.45, 2.75) is 39.5 Å². The quantitative estimate of drug-likeness (QED) is 0.565. The molecule has 0 unspecified atom stereocenters. The van der Waals surface area contributed by atoms with Gasteiger partial charge in [-0.2, -0.15) is 5.26 Å². The van der Waals surface area contributed by atoms with Gasteiger partial charge in [0, 0.05) is 5.92 Å². The maximum Gasteiger partial charge on any atom is 0.0655 e. The lowest BCUT2D eigenvalue weighted by Crippen LogP contribution is -2.18. The molecule has 0 radical (unpaired) electrons. The molecule has 0 aromatic carbocycles. The van der Waals surface area contributed by atoms with Crippen molar-refractivity contribution < 1.29 is 0 Å². The summed E-state index contributed by atoms with van der Waals surface area (Å²) >= 11 is 0. The monoisotopic (exact) mass is 151 g/mol. The molecule has 1 nitrogen and oxygen atoms in total. The van der Waals surface area contributed by atoms with E-state index in [1.54, 1.807) is 0 Å². The molecule has 0 aromatic rings. The summed E-state index contributed by atoms with van der Waals surface area (Å²) in [5.41, 5.74) is 0. The first-order valence-corrected chi connectivity index (χ1v) is 4.63. The Balaban J connectivity index is 2.41. The highest BCUT2D eigenvalue weighted by molar-refractivity contribution is 4.88. The molecule has 0 amide bonds. The van der Waals surface area contributed by atoms with Gasteiger partial charge < -0.3 is 0 Å². The van der Waals surface area contributed by atoms with Gasteiger partial charge in [0.15, 0.2) is 0 Å². The van der Waals surface area contributed by atoms with Crippen molar-refractivity contribution in [1.29, 1.82) is 5.26 Å². The van der Waals surface area contributed by atoms with E-state index >= 15 is 0 Å². The van der Waals surface area contributed by atoms with Crippen LogP contribution in [0, 0.1) is 29.1 Å². The van der Waals surface area contributed by atoms with Crippen molar-refractivity contribution in [2.24, 2.45) is 17.8 Å². The third-order valence-electron chi connectivity index (χ3n) is 2.84. The van der Waals surface area contributed by atoms with Gasteiger partial charge in [0.2, 0.25) is 0 Å². The standard InChI is InChI=1S/C10H17N/c1-8(2)10-5-3-4-9(6-10)7-11/h8-10H,3-6H2,1-2H3/t9-,10-/m1/s1. The van der Waals surface area contributed by atoms with Crippen molar-refractivity contribution >= 4 is 0 Å². The van der Waals surface area contributed by atoms with Crippen molar-refractivity contribution in [2.75, 3.05) is 0 Å². The van der Waals surface area contributed by atoms with Gasteiger partial charge in [-0.05, 0) is 24.7 Å². The van der Waals surface area contributed by atoms with E-state index in [1.165, 1.54) is 12.8 Å². The predicted octanol–water partition coefficient (Wildman–Crippen LogP) is 2.97. The Morgan fingerprint density at radius 1 is 1.36 bits per heavy atom. The minimum atomic E-state index is 0.358. The Hall–Kier alpha value is -0.510. The lowest BCUT2D eigenvalue weighted by Gasteiger charge is -2.27. The van der Waals surface area contributed by atoms with E-state index < -0.39 is 0 Å². The fraction of sp³-hybridized carbons (Fsp3) is 0.900. The van der Waals surface area contributed by atoms with Crippen LogP contribution < -0.4 is 0 Å². The molecule has 0 aromatic heterocycles. The summed E-state index contributed by atoms with van der Waals surface area (Å²) in [6, 6.07) is 2.39. The molecule has 2 atom stereocenters. The first kappa shape index (κ1) is 8.59. The molecule has 0 heterocycles. The van der Waals surface area contributed by atoms with Crippen LogP contribution >= 0.6 is 0 Å². The number of nitriles is 1. The summed E-state index contributed by atoms with van der Waals surface area (Å²) in [4.78, 5) is 0. The van der Waals surface area contributed by atoms with Gasteiger partial charge in [0.05, 0.1) is 6.07 Å². The third-order valence-corrected chi connectivity index (χ3v) is 2.84. The van der Waals surface area contributed by atoms with Gasteiger partial charge in [-0.1, -0.05) is 26.7 Å². The second-order valence-electron chi connectivity index (χ2n) is 4.00. The summed E-state index contributed by atoms with van der Waals surface area (Å²) in [5, 5.41) is 8.74. The molecule has 1 aliphatic rings. The molecule has 1 rings (SSSR count). The van der Waals surface area contributed by atoms with Crippen LogP contribution in [-0.4, -0.2) is 0 Å². The van der Waals surface area contributed by atoms with Gasteiger partial charge in [-0.25, -0.2) is 0 Å². The lowest BCUT2D eigenvalue weighted by molar-refractivity contribution is 0.245.